The molecule has 0 amide bonds. The van der Waals surface area contributed by atoms with E-state index in [1.54, 1.807) is 0 Å². The van der Waals surface area contributed by atoms with Crippen molar-refractivity contribution in [1.82, 2.24) is 0 Å². The van der Waals surface area contributed by atoms with Crippen molar-refractivity contribution in [1.29, 1.82) is 0 Å². The number of hydrogen-bond donors (Lipinski definition) is 1. The van der Waals surface area contributed by atoms with Gasteiger partial charge < -0.3 is 5.11 Å². The Morgan fingerprint density at radius 3 is 1.68 bits per heavy atom. The minimum atomic E-state index is -0.0476. The minimum absolute atomic E-state index is 0.0476. The van der Waals surface area contributed by atoms with Gasteiger partial charge in [0, 0.05) is 0 Å². The molecule has 0 aliphatic rings. The third-order valence-electron chi connectivity index (χ3n) is 5.60. The molecule has 1 aromatic carbocycles. The third-order valence-corrected chi connectivity index (χ3v) is 5.60. The van der Waals surface area contributed by atoms with Gasteiger partial charge in [-0.3, -0.25) is 0 Å². The van der Waals surface area contributed by atoms with Crippen LogP contribution in [0.4, 0.5) is 0 Å². The minimum Gasteiger partial charge on any atom is -0.507 e. The molecule has 0 aliphatic heterocycles. The maximum Gasteiger partial charge on any atom is 0.123 e. The zero-order valence-corrected chi connectivity index (χ0v) is 18.3. The van der Waals surface area contributed by atoms with Crippen molar-refractivity contribution in [3.8, 4) is 5.75 Å². The summed E-state index contributed by atoms with van der Waals surface area (Å²) < 4.78 is 0. The van der Waals surface area contributed by atoms with Gasteiger partial charge in [-0.1, -0.05) is 93.7 Å². The van der Waals surface area contributed by atoms with E-state index in [4.69, 9.17) is 0 Å². The molecule has 1 rings (SSSR count). The largest absolute Gasteiger partial charge is 0.507 e. The van der Waals surface area contributed by atoms with Crippen LogP contribution in [0.2, 0.25) is 0 Å². The smallest absolute Gasteiger partial charge is 0.123 e. The first-order chi connectivity index (χ1) is 11.4. The number of hydrogen-bond acceptors (Lipinski definition) is 1. The molecule has 1 N–H and O–H groups in total. The van der Waals surface area contributed by atoms with Crippen molar-refractivity contribution in [3.63, 3.8) is 0 Å². The Hall–Kier alpha value is -0.980. The van der Waals surface area contributed by atoms with E-state index in [1.165, 1.54) is 37.7 Å². The van der Waals surface area contributed by atoms with Crippen LogP contribution in [0.5, 0.6) is 5.75 Å². The second-order valence-corrected chi connectivity index (χ2v) is 10.0. The van der Waals surface area contributed by atoms with E-state index in [9.17, 15) is 5.11 Å². The monoisotopic (exact) mass is 346 g/mol. The summed E-state index contributed by atoms with van der Waals surface area (Å²) in [5.74, 6) is 1.89. The highest BCUT2D eigenvalue weighted by Crippen LogP contribution is 2.41. The Kier molecular flexibility index (Phi) is 7.59. The average molecular weight is 347 g/mol. The molecule has 0 spiro atoms. The fourth-order valence-electron chi connectivity index (χ4n) is 3.70. The molecule has 0 aromatic heterocycles. The van der Waals surface area contributed by atoms with Crippen molar-refractivity contribution >= 4 is 0 Å². The highest BCUT2D eigenvalue weighted by Gasteiger charge is 2.27. The number of benzene rings is 1. The van der Waals surface area contributed by atoms with Gasteiger partial charge in [-0.2, -0.15) is 0 Å². The molecule has 1 heteroatoms. The van der Waals surface area contributed by atoms with E-state index in [0.717, 1.165) is 17.0 Å². The second-order valence-electron chi connectivity index (χ2n) is 10.0. The van der Waals surface area contributed by atoms with Gasteiger partial charge in [0.2, 0.25) is 0 Å². The maximum absolute atomic E-state index is 10.9. The lowest BCUT2D eigenvalue weighted by atomic mass is 9.76. The Balaban J connectivity index is 3.18. The van der Waals surface area contributed by atoms with Gasteiger partial charge in [-0.25, -0.2) is 0 Å². The molecule has 25 heavy (non-hydrogen) atoms. The van der Waals surface area contributed by atoms with E-state index in [0.29, 0.717) is 11.7 Å². The van der Waals surface area contributed by atoms with Gasteiger partial charge >= 0.3 is 0 Å². The zero-order valence-electron chi connectivity index (χ0n) is 18.3. The Bertz CT molecular complexity index is 507. The highest BCUT2D eigenvalue weighted by molar-refractivity contribution is 5.50. The van der Waals surface area contributed by atoms with Crippen LogP contribution in [-0.2, 0) is 10.8 Å². The fraction of sp³-hybridized carbons (Fsp3) is 0.750. The van der Waals surface area contributed by atoms with Gasteiger partial charge in [0.1, 0.15) is 5.75 Å². The van der Waals surface area contributed by atoms with Crippen LogP contribution in [0.15, 0.2) is 12.1 Å². The summed E-state index contributed by atoms with van der Waals surface area (Å²) in [4.78, 5) is 0. The van der Waals surface area contributed by atoms with Crippen LogP contribution in [0.1, 0.15) is 117 Å². The molecule has 0 bridgehead atoms. The van der Waals surface area contributed by atoms with E-state index in [-0.39, 0.29) is 10.8 Å². The van der Waals surface area contributed by atoms with Gasteiger partial charge in [0.25, 0.3) is 0 Å². The number of phenolic OH excluding ortho intramolecular Hbond substituents is 1. The molecular formula is C24H42O. The predicted molar refractivity (Wildman–Crippen MR) is 112 cm³/mol. The van der Waals surface area contributed by atoms with E-state index < -0.39 is 0 Å². The lowest BCUT2D eigenvalue weighted by Gasteiger charge is -2.29. The standard InChI is InChI=1S/C24H42O/c1-10-12-18(11-2)14-13-17(3)19-15-20(23(4,5)6)22(25)21(16-19)24(7,8)9/h15-18,25H,10-14H2,1-9H3/t17-,18+/m0/s1. The SMILES string of the molecule is CCC[C@@H](CC)CC[C@H](C)c1cc(C(C)(C)C)c(O)c(C(C)(C)C)c1. The van der Waals surface area contributed by atoms with Crippen LogP contribution in [0.25, 0.3) is 0 Å². The molecule has 0 radical (unpaired) electrons. The predicted octanol–water partition coefficient (Wildman–Crippen LogP) is 7.70. The summed E-state index contributed by atoms with van der Waals surface area (Å²) in [5, 5.41) is 10.9. The van der Waals surface area contributed by atoms with Crippen molar-refractivity contribution in [2.75, 3.05) is 0 Å². The Labute approximate surface area is 157 Å². The summed E-state index contributed by atoms with van der Waals surface area (Å²) >= 11 is 0. The molecule has 1 nitrogen and oxygen atoms in total. The molecular weight excluding hydrogens is 304 g/mol. The molecule has 0 unspecified atom stereocenters. The fourth-order valence-corrected chi connectivity index (χ4v) is 3.70. The maximum atomic E-state index is 10.9. The van der Waals surface area contributed by atoms with Crippen LogP contribution < -0.4 is 0 Å². The third kappa shape index (κ3) is 6.04. The highest BCUT2D eigenvalue weighted by atomic mass is 16.3. The molecule has 2 atom stereocenters. The number of rotatable bonds is 7. The number of aromatic hydroxyl groups is 1. The second kappa shape index (κ2) is 8.60. The summed E-state index contributed by atoms with van der Waals surface area (Å²) in [5.41, 5.74) is 3.46. The van der Waals surface area contributed by atoms with Crippen molar-refractivity contribution in [2.45, 2.75) is 111 Å². The summed E-state index contributed by atoms with van der Waals surface area (Å²) in [6, 6.07) is 4.52. The molecule has 144 valence electrons. The molecule has 1 aromatic rings. The zero-order chi connectivity index (χ0) is 19.4. The van der Waals surface area contributed by atoms with Crippen molar-refractivity contribution in [2.24, 2.45) is 5.92 Å². The van der Waals surface area contributed by atoms with Crippen LogP contribution in [-0.4, -0.2) is 5.11 Å². The summed E-state index contributed by atoms with van der Waals surface area (Å²) in [7, 11) is 0. The first-order valence-corrected chi connectivity index (χ1v) is 10.3. The van der Waals surface area contributed by atoms with E-state index in [1.807, 2.05) is 0 Å². The van der Waals surface area contributed by atoms with Crippen LogP contribution >= 0.6 is 0 Å². The molecule has 0 aliphatic carbocycles. The summed E-state index contributed by atoms with van der Waals surface area (Å²) in [6.45, 7) is 20.1. The Morgan fingerprint density at radius 1 is 0.840 bits per heavy atom. The van der Waals surface area contributed by atoms with E-state index >= 15 is 0 Å². The summed E-state index contributed by atoms with van der Waals surface area (Å²) in [6.07, 6.45) is 6.46. The normalized spacial score (nSPS) is 15.2. The topological polar surface area (TPSA) is 20.2 Å². The van der Waals surface area contributed by atoms with Crippen molar-refractivity contribution in [3.05, 3.63) is 28.8 Å². The average Bonchev–Trinajstić information content (AvgIpc) is 2.48. The first-order valence-electron chi connectivity index (χ1n) is 10.3. The molecule has 0 saturated heterocycles. The molecule has 0 heterocycles. The van der Waals surface area contributed by atoms with Crippen molar-refractivity contribution < 1.29 is 5.11 Å². The molecule has 0 fully saturated rings. The lowest BCUT2D eigenvalue weighted by molar-refractivity contribution is 0.402. The first kappa shape index (κ1) is 22.1. The molecule has 0 saturated carbocycles. The number of phenols is 1. The van der Waals surface area contributed by atoms with Gasteiger partial charge in [-0.15, -0.1) is 0 Å². The van der Waals surface area contributed by atoms with Gasteiger partial charge in [0.15, 0.2) is 0 Å². The van der Waals surface area contributed by atoms with E-state index in [2.05, 4.69) is 74.4 Å². The van der Waals surface area contributed by atoms with Crippen LogP contribution in [0, 0.1) is 5.92 Å². The lowest BCUT2D eigenvalue weighted by Crippen LogP contribution is -2.18. The van der Waals surface area contributed by atoms with Gasteiger partial charge in [-0.05, 0) is 52.2 Å². The Morgan fingerprint density at radius 2 is 1.32 bits per heavy atom. The quantitative estimate of drug-likeness (QED) is 0.536. The van der Waals surface area contributed by atoms with Crippen LogP contribution in [0.3, 0.4) is 0 Å². The van der Waals surface area contributed by atoms with Gasteiger partial charge in [0.05, 0.1) is 0 Å².